The number of nitrogens with one attached hydrogen (secondary N) is 1. The molecule has 5 nitrogen and oxygen atoms in total. The van der Waals surface area contributed by atoms with Crippen LogP contribution in [0, 0.1) is 0 Å². The fraction of sp³-hybridized carbons (Fsp3) is 0.579. The molecule has 0 bridgehead atoms. The summed E-state index contributed by atoms with van der Waals surface area (Å²) in [5.74, 6) is 0.215. The van der Waals surface area contributed by atoms with E-state index in [9.17, 15) is 9.59 Å². The monoisotopic (exact) mass is 331 g/mol. The molecule has 0 radical (unpaired) electrons. The third-order valence-corrected chi connectivity index (χ3v) is 4.70. The maximum Gasteiger partial charge on any atom is 0.317 e. The SMILES string of the molecule is CCN(CC)C(=O)NC1CCN(C(=O)CCc2ccccc2)CC1. The summed E-state index contributed by atoms with van der Waals surface area (Å²) in [7, 11) is 0. The first-order valence-corrected chi connectivity index (χ1v) is 9.01. The summed E-state index contributed by atoms with van der Waals surface area (Å²) in [5.41, 5.74) is 1.20. The summed E-state index contributed by atoms with van der Waals surface area (Å²) < 4.78 is 0. The van der Waals surface area contributed by atoms with Crippen LogP contribution >= 0.6 is 0 Å². The van der Waals surface area contributed by atoms with E-state index in [0.717, 1.165) is 45.4 Å². The third-order valence-electron chi connectivity index (χ3n) is 4.70. The number of urea groups is 1. The Labute approximate surface area is 145 Å². The molecule has 3 amide bonds. The molecule has 2 rings (SSSR count). The number of nitrogens with zero attached hydrogens (tertiary/aromatic N) is 2. The molecule has 1 fully saturated rings. The minimum absolute atomic E-state index is 0.00820. The van der Waals surface area contributed by atoms with Crippen molar-refractivity contribution in [1.29, 1.82) is 0 Å². The molecule has 0 spiro atoms. The highest BCUT2D eigenvalue weighted by molar-refractivity contribution is 5.77. The number of carbonyl (C=O) groups excluding carboxylic acids is 2. The molecule has 1 saturated heterocycles. The molecule has 0 aliphatic carbocycles. The minimum Gasteiger partial charge on any atom is -0.343 e. The number of amides is 3. The van der Waals surface area contributed by atoms with Gasteiger partial charge in [-0.15, -0.1) is 0 Å². The topological polar surface area (TPSA) is 52.7 Å². The zero-order chi connectivity index (χ0) is 17.4. The Balaban J connectivity index is 1.72. The predicted molar refractivity (Wildman–Crippen MR) is 95.8 cm³/mol. The first-order valence-electron chi connectivity index (χ1n) is 9.01. The lowest BCUT2D eigenvalue weighted by Gasteiger charge is -2.33. The average Bonchev–Trinajstić information content (AvgIpc) is 2.62. The zero-order valence-corrected chi connectivity index (χ0v) is 14.8. The molecular weight excluding hydrogens is 302 g/mol. The van der Waals surface area contributed by atoms with Crippen molar-refractivity contribution in [3.05, 3.63) is 35.9 Å². The Hall–Kier alpha value is -2.04. The smallest absolute Gasteiger partial charge is 0.317 e. The number of rotatable bonds is 6. The van der Waals surface area contributed by atoms with Crippen molar-refractivity contribution in [2.45, 2.75) is 45.6 Å². The van der Waals surface area contributed by atoms with E-state index in [0.29, 0.717) is 6.42 Å². The van der Waals surface area contributed by atoms with Crippen LogP contribution < -0.4 is 5.32 Å². The van der Waals surface area contributed by atoms with Gasteiger partial charge in [-0.25, -0.2) is 4.79 Å². The summed E-state index contributed by atoms with van der Waals surface area (Å²) in [4.78, 5) is 28.1. The van der Waals surface area contributed by atoms with Gasteiger partial charge >= 0.3 is 6.03 Å². The van der Waals surface area contributed by atoms with Crippen LogP contribution in [0.25, 0.3) is 0 Å². The summed E-state index contributed by atoms with van der Waals surface area (Å²) in [6.07, 6.45) is 3.02. The average molecular weight is 331 g/mol. The van der Waals surface area contributed by atoms with Gasteiger partial charge < -0.3 is 15.1 Å². The number of hydrogen-bond donors (Lipinski definition) is 1. The van der Waals surface area contributed by atoms with E-state index < -0.39 is 0 Å². The van der Waals surface area contributed by atoms with Crippen molar-refractivity contribution in [2.24, 2.45) is 0 Å². The van der Waals surface area contributed by atoms with Crippen LogP contribution in [0.1, 0.15) is 38.7 Å². The van der Waals surface area contributed by atoms with Crippen LogP contribution in [0.4, 0.5) is 4.79 Å². The lowest BCUT2D eigenvalue weighted by molar-refractivity contribution is -0.132. The lowest BCUT2D eigenvalue weighted by Crippen LogP contribution is -2.50. The maximum atomic E-state index is 12.3. The number of hydrogen-bond acceptors (Lipinski definition) is 2. The standard InChI is InChI=1S/C19H29N3O2/c1-3-21(4-2)19(24)20-17-12-14-22(15-13-17)18(23)11-10-16-8-6-5-7-9-16/h5-9,17H,3-4,10-15H2,1-2H3,(H,20,24). The van der Waals surface area contributed by atoms with E-state index >= 15 is 0 Å². The second-order valence-electron chi connectivity index (χ2n) is 6.26. The van der Waals surface area contributed by atoms with Crippen molar-refractivity contribution in [1.82, 2.24) is 15.1 Å². The molecule has 1 aliphatic rings. The number of benzene rings is 1. The van der Waals surface area contributed by atoms with E-state index in [1.54, 1.807) is 4.90 Å². The van der Waals surface area contributed by atoms with Crippen LogP contribution in [-0.2, 0) is 11.2 Å². The van der Waals surface area contributed by atoms with E-state index in [4.69, 9.17) is 0 Å². The van der Waals surface area contributed by atoms with Gasteiger partial charge in [-0.3, -0.25) is 4.79 Å². The molecule has 1 N–H and O–H groups in total. The summed E-state index contributed by atoms with van der Waals surface area (Å²) in [5, 5.41) is 3.09. The van der Waals surface area contributed by atoms with Crippen molar-refractivity contribution in [3.8, 4) is 0 Å². The van der Waals surface area contributed by atoms with Gasteiger partial charge in [0.15, 0.2) is 0 Å². The summed E-state index contributed by atoms with van der Waals surface area (Å²) in [6, 6.07) is 10.3. The van der Waals surface area contributed by atoms with Crippen molar-refractivity contribution < 1.29 is 9.59 Å². The molecule has 0 atom stereocenters. The van der Waals surface area contributed by atoms with Crippen LogP contribution in [0.2, 0.25) is 0 Å². The quantitative estimate of drug-likeness (QED) is 0.871. The van der Waals surface area contributed by atoms with Crippen LogP contribution in [0.15, 0.2) is 30.3 Å². The Morgan fingerprint density at radius 3 is 2.33 bits per heavy atom. The Bertz CT molecular complexity index is 521. The first-order chi connectivity index (χ1) is 11.6. The summed E-state index contributed by atoms with van der Waals surface area (Å²) in [6.45, 7) is 6.88. The molecular formula is C19H29N3O2. The molecule has 1 aromatic rings. The highest BCUT2D eigenvalue weighted by Gasteiger charge is 2.24. The van der Waals surface area contributed by atoms with Crippen molar-refractivity contribution >= 4 is 11.9 Å². The second-order valence-corrected chi connectivity index (χ2v) is 6.26. The third kappa shape index (κ3) is 5.25. The predicted octanol–water partition coefficient (Wildman–Crippen LogP) is 2.66. The van der Waals surface area contributed by atoms with Crippen LogP contribution in [0.5, 0.6) is 0 Å². The molecule has 1 heterocycles. The van der Waals surface area contributed by atoms with Crippen molar-refractivity contribution in [2.75, 3.05) is 26.2 Å². The van der Waals surface area contributed by atoms with Crippen LogP contribution in [0.3, 0.4) is 0 Å². The van der Waals surface area contributed by atoms with Gasteiger partial charge in [0, 0.05) is 38.6 Å². The van der Waals surface area contributed by atoms with Gasteiger partial charge in [0.25, 0.3) is 0 Å². The number of likely N-dealkylation sites (tertiary alicyclic amines) is 1. The molecule has 0 saturated carbocycles. The molecule has 1 aromatic carbocycles. The fourth-order valence-corrected chi connectivity index (χ4v) is 3.10. The molecule has 0 unspecified atom stereocenters. The van der Waals surface area contributed by atoms with Gasteiger partial charge in [0.1, 0.15) is 0 Å². The number of piperidine rings is 1. The molecule has 5 heteroatoms. The fourth-order valence-electron chi connectivity index (χ4n) is 3.10. The number of carbonyl (C=O) groups is 2. The zero-order valence-electron chi connectivity index (χ0n) is 14.8. The highest BCUT2D eigenvalue weighted by Crippen LogP contribution is 2.13. The Kier molecular flexibility index (Phi) is 7.09. The van der Waals surface area contributed by atoms with Gasteiger partial charge in [0.05, 0.1) is 0 Å². The van der Waals surface area contributed by atoms with E-state index in [1.807, 2.05) is 36.9 Å². The van der Waals surface area contributed by atoms with Crippen molar-refractivity contribution in [3.63, 3.8) is 0 Å². The molecule has 132 valence electrons. The molecule has 1 aliphatic heterocycles. The Morgan fingerprint density at radius 2 is 1.75 bits per heavy atom. The first kappa shape index (κ1) is 18.3. The van der Waals surface area contributed by atoms with Gasteiger partial charge in [-0.2, -0.15) is 0 Å². The van der Waals surface area contributed by atoms with Gasteiger partial charge in [0.2, 0.25) is 5.91 Å². The maximum absolute atomic E-state index is 12.3. The minimum atomic E-state index is 0.00820. The van der Waals surface area contributed by atoms with E-state index in [-0.39, 0.29) is 18.0 Å². The highest BCUT2D eigenvalue weighted by atomic mass is 16.2. The van der Waals surface area contributed by atoms with E-state index in [1.165, 1.54) is 5.56 Å². The van der Waals surface area contributed by atoms with Crippen LogP contribution in [-0.4, -0.2) is 54.0 Å². The number of aryl methyl sites for hydroxylation is 1. The van der Waals surface area contributed by atoms with Gasteiger partial charge in [-0.05, 0) is 38.7 Å². The molecule has 24 heavy (non-hydrogen) atoms. The summed E-state index contributed by atoms with van der Waals surface area (Å²) >= 11 is 0. The normalized spacial score (nSPS) is 15.2. The van der Waals surface area contributed by atoms with Gasteiger partial charge in [-0.1, -0.05) is 30.3 Å². The van der Waals surface area contributed by atoms with E-state index in [2.05, 4.69) is 17.4 Å². The second kappa shape index (κ2) is 9.30. The Morgan fingerprint density at radius 1 is 1.12 bits per heavy atom. The lowest BCUT2D eigenvalue weighted by atomic mass is 10.0. The molecule has 0 aromatic heterocycles. The largest absolute Gasteiger partial charge is 0.343 e.